The summed E-state index contributed by atoms with van der Waals surface area (Å²) in [6.45, 7) is 4.22. The average molecular weight is 487 g/mol. The predicted octanol–water partition coefficient (Wildman–Crippen LogP) is 4.59. The number of nitrogens with one attached hydrogen (secondary N) is 1. The van der Waals surface area contributed by atoms with Crippen molar-refractivity contribution in [1.29, 1.82) is 0 Å². The SMILES string of the molecule is CCOC(=O)c1cc(COC(=O)NCCC2CCN(c3ccc4cc(Cl)ccc4n3)CC2)on1. The number of alkyl carbamates (subject to hydrolysis) is 1. The van der Waals surface area contributed by atoms with Gasteiger partial charge in [-0.15, -0.1) is 0 Å². The zero-order valence-corrected chi connectivity index (χ0v) is 19.7. The van der Waals surface area contributed by atoms with E-state index >= 15 is 0 Å². The standard InChI is InChI=1S/C24H27ClN4O5/c1-2-32-23(30)21-14-19(34-28-21)15-33-24(31)26-10-7-16-8-11-29(12-9-16)22-6-3-17-13-18(25)4-5-20(17)27-22/h3-6,13-14,16H,2,7-12,15H2,1H3,(H,26,31). The van der Waals surface area contributed by atoms with Crippen molar-refractivity contribution in [3.8, 4) is 0 Å². The van der Waals surface area contributed by atoms with Crippen molar-refractivity contribution >= 4 is 40.4 Å². The molecule has 10 heteroatoms. The van der Waals surface area contributed by atoms with Gasteiger partial charge in [-0.3, -0.25) is 0 Å². The molecule has 1 aromatic carbocycles. The molecule has 1 aliphatic rings. The Hall–Kier alpha value is -3.33. The lowest BCUT2D eigenvalue weighted by atomic mass is 9.93. The maximum absolute atomic E-state index is 12.0. The lowest BCUT2D eigenvalue weighted by Gasteiger charge is -2.33. The number of aromatic nitrogens is 2. The number of carbonyl (C=O) groups is 2. The van der Waals surface area contributed by atoms with Gasteiger partial charge in [0, 0.05) is 36.1 Å². The van der Waals surface area contributed by atoms with Gasteiger partial charge in [-0.25, -0.2) is 14.6 Å². The second-order valence-corrected chi connectivity index (χ2v) is 8.56. The van der Waals surface area contributed by atoms with E-state index in [9.17, 15) is 9.59 Å². The minimum atomic E-state index is -0.575. The van der Waals surface area contributed by atoms with Gasteiger partial charge in [-0.1, -0.05) is 16.8 Å². The third-order valence-electron chi connectivity index (χ3n) is 5.79. The Morgan fingerprint density at radius 3 is 2.79 bits per heavy atom. The number of hydrogen-bond acceptors (Lipinski definition) is 8. The molecule has 1 amide bonds. The maximum atomic E-state index is 12.0. The topological polar surface area (TPSA) is 107 Å². The fraction of sp³-hybridized carbons (Fsp3) is 0.417. The summed E-state index contributed by atoms with van der Waals surface area (Å²) in [6.07, 6.45) is 2.41. The Bertz CT molecular complexity index is 1140. The first-order chi connectivity index (χ1) is 16.5. The van der Waals surface area contributed by atoms with E-state index in [0.717, 1.165) is 49.1 Å². The average Bonchev–Trinajstić information content (AvgIpc) is 3.32. The number of nitrogens with zero attached hydrogens (tertiary/aromatic N) is 3. The van der Waals surface area contributed by atoms with Gasteiger partial charge in [0.2, 0.25) is 0 Å². The van der Waals surface area contributed by atoms with Gasteiger partial charge in [0.05, 0.1) is 12.1 Å². The highest BCUT2D eigenvalue weighted by Crippen LogP contribution is 2.26. The number of hydrogen-bond donors (Lipinski definition) is 1. The molecule has 0 bridgehead atoms. The third kappa shape index (κ3) is 6.17. The first kappa shape index (κ1) is 23.8. The molecule has 9 nitrogen and oxygen atoms in total. The normalized spacial score (nSPS) is 14.2. The van der Waals surface area contributed by atoms with E-state index in [1.807, 2.05) is 24.3 Å². The number of pyridine rings is 1. The number of rotatable bonds is 8. The number of fused-ring (bicyclic) bond motifs is 1. The summed E-state index contributed by atoms with van der Waals surface area (Å²) in [4.78, 5) is 30.6. The Morgan fingerprint density at radius 2 is 2.00 bits per heavy atom. The molecule has 4 rings (SSSR count). The molecule has 1 saturated heterocycles. The Labute approximate surface area is 202 Å². The fourth-order valence-electron chi connectivity index (χ4n) is 3.96. The van der Waals surface area contributed by atoms with Gasteiger partial charge in [-0.2, -0.15) is 0 Å². The van der Waals surface area contributed by atoms with Crippen LogP contribution < -0.4 is 10.2 Å². The maximum Gasteiger partial charge on any atom is 0.407 e. The van der Waals surface area contributed by atoms with Crippen LogP contribution in [0.3, 0.4) is 0 Å². The van der Waals surface area contributed by atoms with Gasteiger partial charge in [0.15, 0.2) is 18.1 Å². The summed E-state index contributed by atoms with van der Waals surface area (Å²) in [5.74, 6) is 1.20. The number of halogens is 1. The van der Waals surface area contributed by atoms with Gasteiger partial charge in [-0.05, 0) is 62.4 Å². The predicted molar refractivity (Wildman–Crippen MR) is 127 cm³/mol. The molecule has 1 N–H and O–H groups in total. The summed E-state index contributed by atoms with van der Waals surface area (Å²) in [5, 5.41) is 8.12. The third-order valence-corrected chi connectivity index (χ3v) is 6.02. The highest BCUT2D eigenvalue weighted by atomic mass is 35.5. The van der Waals surface area contributed by atoms with Crippen molar-refractivity contribution in [3.63, 3.8) is 0 Å². The molecule has 0 aliphatic carbocycles. The number of carbonyl (C=O) groups excluding carboxylic acids is 2. The lowest BCUT2D eigenvalue weighted by molar-refractivity contribution is 0.0514. The molecule has 180 valence electrons. The number of benzene rings is 1. The van der Waals surface area contributed by atoms with Gasteiger partial charge >= 0.3 is 12.1 Å². The molecule has 0 saturated carbocycles. The van der Waals surface area contributed by atoms with Crippen LogP contribution in [0.2, 0.25) is 5.02 Å². The van der Waals surface area contributed by atoms with E-state index in [1.54, 1.807) is 6.92 Å². The summed E-state index contributed by atoms with van der Waals surface area (Å²) in [5.41, 5.74) is 0.990. The molecule has 3 heterocycles. The van der Waals surface area contributed by atoms with Crippen LogP contribution in [0, 0.1) is 5.92 Å². The molecular weight excluding hydrogens is 460 g/mol. The highest BCUT2D eigenvalue weighted by Gasteiger charge is 2.21. The Balaban J connectivity index is 1.15. The van der Waals surface area contributed by atoms with E-state index in [2.05, 4.69) is 21.4 Å². The van der Waals surface area contributed by atoms with Crippen LogP contribution in [0.25, 0.3) is 10.9 Å². The van der Waals surface area contributed by atoms with Crippen molar-refractivity contribution in [2.24, 2.45) is 5.92 Å². The summed E-state index contributed by atoms with van der Waals surface area (Å²) < 4.78 is 15.0. The zero-order chi connectivity index (χ0) is 23.9. The first-order valence-corrected chi connectivity index (χ1v) is 11.7. The summed E-state index contributed by atoms with van der Waals surface area (Å²) in [7, 11) is 0. The molecule has 2 aromatic heterocycles. The van der Waals surface area contributed by atoms with Crippen molar-refractivity contribution < 1.29 is 23.6 Å². The minimum absolute atomic E-state index is 0.0514. The van der Waals surface area contributed by atoms with Crippen LogP contribution in [0.15, 0.2) is 40.9 Å². The monoisotopic (exact) mass is 486 g/mol. The second-order valence-electron chi connectivity index (χ2n) is 8.13. The van der Waals surface area contributed by atoms with E-state index in [4.69, 9.17) is 30.6 Å². The lowest BCUT2D eigenvalue weighted by Crippen LogP contribution is -2.35. The molecule has 34 heavy (non-hydrogen) atoms. The largest absolute Gasteiger partial charge is 0.461 e. The van der Waals surface area contributed by atoms with Crippen LogP contribution in [0.4, 0.5) is 10.6 Å². The van der Waals surface area contributed by atoms with Gasteiger partial charge < -0.3 is 24.2 Å². The molecule has 0 radical (unpaired) electrons. The van der Waals surface area contributed by atoms with E-state index < -0.39 is 12.1 Å². The number of piperidine rings is 1. The molecule has 0 spiro atoms. The Kier molecular flexibility index (Phi) is 7.84. The molecule has 0 unspecified atom stereocenters. The van der Waals surface area contributed by atoms with Crippen LogP contribution in [0.1, 0.15) is 42.4 Å². The first-order valence-electron chi connectivity index (χ1n) is 11.4. The van der Waals surface area contributed by atoms with Crippen LogP contribution in [-0.2, 0) is 16.1 Å². The molecule has 1 fully saturated rings. The van der Waals surface area contributed by atoms with Crippen LogP contribution >= 0.6 is 11.6 Å². The summed E-state index contributed by atoms with van der Waals surface area (Å²) >= 11 is 6.06. The Morgan fingerprint density at radius 1 is 1.18 bits per heavy atom. The van der Waals surface area contributed by atoms with E-state index in [1.165, 1.54) is 6.07 Å². The molecule has 3 aromatic rings. The fourth-order valence-corrected chi connectivity index (χ4v) is 4.14. The number of ether oxygens (including phenoxy) is 2. The van der Waals surface area contributed by atoms with Crippen LogP contribution in [0.5, 0.6) is 0 Å². The van der Waals surface area contributed by atoms with Gasteiger partial charge in [0.1, 0.15) is 5.82 Å². The molecular formula is C24H27ClN4O5. The zero-order valence-electron chi connectivity index (χ0n) is 19.0. The number of amides is 1. The van der Waals surface area contributed by atoms with Crippen molar-refractivity contribution in [1.82, 2.24) is 15.5 Å². The molecule has 1 aliphatic heterocycles. The molecule has 0 atom stereocenters. The number of anilines is 1. The van der Waals surface area contributed by atoms with Crippen molar-refractivity contribution in [2.45, 2.75) is 32.8 Å². The minimum Gasteiger partial charge on any atom is -0.461 e. The van der Waals surface area contributed by atoms with Crippen LogP contribution in [-0.4, -0.2) is 48.4 Å². The second kappa shape index (κ2) is 11.2. The van der Waals surface area contributed by atoms with Gasteiger partial charge in [0.25, 0.3) is 0 Å². The van der Waals surface area contributed by atoms with Crippen molar-refractivity contribution in [2.75, 3.05) is 31.1 Å². The summed E-state index contributed by atoms with van der Waals surface area (Å²) in [6, 6.07) is 11.2. The van der Waals surface area contributed by atoms with E-state index in [-0.39, 0.29) is 24.7 Å². The van der Waals surface area contributed by atoms with Crippen molar-refractivity contribution in [3.05, 3.63) is 52.9 Å². The smallest absolute Gasteiger partial charge is 0.407 e. The number of esters is 1. The quantitative estimate of drug-likeness (QED) is 0.461. The highest BCUT2D eigenvalue weighted by molar-refractivity contribution is 6.31. The van der Waals surface area contributed by atoms with E-state index in [0.29, 0.717) is 17.5 Å².